The maximum atomic E-state index is 3.66. The van der Waals surface area contributed by atoms with E-state index in [0.29, 0.717) is 12.0 Å². The Morgan fingerprint density at radius 1 is 1.18 bits per heavy atom. The van der Waals surface area contributed by atoms with Gasteiger partial charge in [0.25, 0.3) is 0 Å². The fourth-order valence-corrected chi connectivity index (χ4v) is 2.47. The molecule has 17 heavy (non-hydrogen) atoms. The van der Waals surface area contributed by atoms with Crippen molar-refractivity contribution in [1.29, 1.82) is 0 Å². The maximum Gasteiger partial charge on any atom is 0.0243 e. The lowest BCUT2D eigenvalue weighted by atomic mass is 9.98. The second-order valence-corrected chi connectivity index (χ2v) is 7.19. The summed E-state index contributed by atoms with van der Waals surface area (Å²) in [5, 5.41) is 3.66. The van der Waals surface area contributed by atoms with Crippen LogP contribution in [0.15, 0.2) is 0 Å². The van der Waals surface area contributed by atoms with Crippen LogP contribution in [-0.4, -0.2) is 36.1 Å². The van der Waals surface area contributed by atoms with Crippen LogP contribution in [0, 0.1) is 11.8 Å². The fourth-order valence-electron chi connectivity index (χ4n) is 2.47. The molecule has 2 unspecified atom stereocenters. The van der Waals surface area contributed by atoms with Crippen LogP contribution in [0.1, 0.15) is 54.4 Å². The van der Waals surface area contributed by atoms with Gasteiger partial charge < -0.3 is 5.32 Å². The van der Waals surface area contributed by atoms with Gasteiger partial charge in [0.2, 0.25) is 0 Å². The van der Waals surface area contributed by atoms with Crippen molar-refractivity contribution < 1.29 is 0 Å². The second kappa shape index (κ2) is 5.71. The van der Waals surface area contributed by atoms with Crippen LogP contribution in [0.3, 0.4) is 0 Å². The molecule has 1 fully saturated rings. The Morgan fingerprint density at radius 3 is 2.06 bits per heavy atom. The van der Waals surface area contributed by atoms with Crippen LogP contribution >= 0.6 is 0 Å². The predicted octanol–water partition coefficient (Wildman–Crippen LogP) is 3.13. The molecule has 1 rings (SSSR count). The molecule has 0 aromatic heterocycles. The smallest absolute Gasteiger partial charge is 0.0243 e. The summed E-state index contributed by atoms with van der Waals surface area (Å²) in [6.07, 6.45) is 2.87. The van der Waals surface area contributed by atoms with Gasteiger partial charge in [-0.3, -0.25) is 4.90 Å². The fraction of sp³-hybridized carbons (Fsp3) is 1.00. The van der Waals surface area contributed by atoms with Gasteiger partial charge in [-0.1, -0.05) is 13.8 Å². The molecule has 0 aromatic carbocycles. The third-order valence-electron chi connectivity index (χ3n) is 4.08. The Morgan fingerprint density at radius 2 is 1.71 bits per heavy atom. The van der Waals surface area contributed by atoms with E-state index < -0.39 is 0 Å². The minimum Gasteiger partial charge on any atom is -0.311 e. The Hall–Kier alpha value is -0.0800. The van der Waals surface area contributed by atoms with E-state index in [9.17, 15) is 0 Å². The lowest BCUT2D eigenvalue weighted by Gasteiger charge is -2.38. The summed E-state index contributed by atoms with van der Waals surface area (Å²) in [5.74, 6) is 1.66. The molecule has 2 atom stereocenters. The van der Waals surface area contributed by atoms with E-state index in [4.69, 9.17) is 0 Å². The summed E-state index contributed by atoms with van der Waals surface area (Å²) in [6, 6.07) is 1.38. The Kier molecular flexibility index (Phi) is 5.03. The number of nitrogens with one attached hydrogen (secondary N) is 1. The van der Waals surface area contributed by atoms with Gasteiger partial charge >= 0.3 is 0 Å². The van der Waals surface area contributed by atoms with Crippen molar-refractivity contribution in [2.75, 3.05) is 13.6 Å². The summed E-state index contributed by atoms with van der Waals surface area (Å²) in [6.45, 7) is 14.9. The van der Waals surface area contributed by atoms with Crippen molar-refractivity contribution in [3.05, 3.63) is 0 Å². The average Bonchev–Trinajstić information content (AvgIpc) is 2.97. The molecule has 0 bridgehead atoms. The molecule has 0 aliphatic heterocycles. The molecule has 0 amide bonds. The number of hydrogen-bond acceptors (Lipinski definition) is 2. The lowest BCUT2D eigenvalue weighted by molar-refractivity contribution is 0.122. The lowest BCUT2D eigenvalue weighted by Crippen LogP contribution is -2.51. The zero-order valence-electron chi connectivity index (χ0n) is 12.9. The van der Waals surface area contributed by atoms with E-state index >= 15 is 0 Å². The zero-order chi connectivity index (χ0) is 13.2. The first-order valence-electron chi connectivity index (χ1n) is 7.19. The molecule has 0 heterocycles. The van der Waals surface area contributed by atoms with Crippen LogP contribution in [-0.2, 0) is 0 Å². The molecule has 1 saturated carbocycles. The van der Waals surface area contributed by atoms with Crippen molar-refractivity contribution >= 4 is 0 Å². The van der Waals surface area contributed by atoms with Crippen LogP contribution in [0.2, 0.25) is 0 Å². The molecule has 0 radical (unpaired) electrons. The molecule has 2 nitrogen and oxygen atoms in total. The van der Waals surface area contributed by atoms with Gasteiger partial charge in [-0.15, -0.1) is 0 Å². The minimum atomic E-state index is 0.219. The van der Waals surface area contributed by atoms with E-state index in [0.717, 1.165) is 18.5 Å². The molecule has 2 heteroatoms. The highest BCUT2D eigenvalue weighted by Crippen LogP contribution is 2.35. The van der Waals surface area contributed by atoms with Crippen LogP contribution in [0.5, 0.6) is 0 Å². The Labute approximate surface area is 108 Å². The van der Waals surface area contributed by atoms with Gasteiger partial charge in [-0.2, -0.15) is 0 Å². The van der Waals surface area contributed by atoms with Crippen LogP contribution in [0.25, 0.3) is 0 Å². The number of hydrogen-bond donors (Lipinski definition) is 1. The highest BCUT2D eigenvalue weighted by molar-refractivity contribution is 4.89. The van der Waals surface area contributed by atoms with Crippen molar-refractivity contribution in [3.63, 3.8) is 0 Å². The first-order valence-corrected chi connectivity index (χ1v) is 7.19. The third kappa shape index (κ3) is 4.97. The molecule has 1 aliphatic rings. The van der Waals surface area contributed by atoms with Crippen LogP contribution in [0.4, 0.5) is 0 Å². The first kappa shape index (κ1) is 15.0. The van der Waals surface area contributed by atoms with Gasteiger partial charge in [0.15, 0.2) is 0 Å². The monoisotopic (exact) mass is 240 g/mol. The van der Waals surface area contributed by atoms with Crippen molar-refractivity contribution in [3.8, 4) is 0 Å². The third-order valence-corrected chi connectivity index (χ3v) is 4.08. The summed E-state index contributed by atoms with van der Waals surface area (Å²) in [7, 11) is 2.30. The standard InChI is InChI=1S/C15H32N2/c1-11(2)14(10-16-15(4,5)6)17(7)12(3)13-8-9-13/h11-14,16H,8-10H2,1-7H3. The molecular formula is C15H32N2. The molecule has 0 aromatic rings. The number of rotatable bonds is 6. The van der Waals surface area contributed by atoms with Gasteiger partial charge in [0.05, 0.1) is 0 Å². The Bertz CT molecular complexity index is 226. The van der Waals surface area contributed by atoms with Crippen molar-refractivity contribution in [2.24, 2.45) is 11.8 Å². The summed E-state index contributed by atoms with van der Waals surface area (Å²) < 4.78 is 0. The minimum absolute atomic E-state index is 0.219. The van der Waals surface area contributed by atoms with Gasteiger partial charge in [0.1, 0.15) is 0 Å². The summed E-state index contributed by atoms with van der Waals surface area (Å²) in [4.78, 5) is 2.60. The maximum absolute atomic E-state index is 3.66. The number of nitrogens with zero attached hydrogens (tertiary/aromatic N) is 1. The molecule has 102 valence electrons. The zero-order valence-corrected chi connectivity index (χ0v) is 12.9. The Balaban J connectivity index is 2.51. The van der Waals surface area contributed by atoms with E-state index in [2.05, 4.69) is 58.8 Å². The van der Waals surface area contributed by atoms with E-state index in [1.54, 1.807) is 0 Å². The summed E-state index contributed by atoms with van der Waals surface area (Å²) in [5.41, 5.74) is 0.219. The normalized spacial score (nSPS) is 21.0. The van der Waals surface area contributed by atoms with Gasteiger partial charge in [0, 0.05) is 24.2 Å². The van der Waals surface area contributed by atoms with Crippen LogP contribution < -0.4 is 5.32 Å². The SMILES string of the molecule is CC(C)C(CNC(C)(C)C)N(C)C(C)C1CC1. The quantitative estimate of drug-likeness (QED) is 0.767. The first-order chi connectivity index (χ1) is 7.72. The molecule has 1 N–H and O–H groups in total. The second-order valence-electron chi connectivity index (χ2n) is 7.19. The van der Waals surface area contributed by atoms with Gasteiger partial charge in [-0.25, -0.2) is 0 Å². The van der Waals surface area contributed by atoms with E-state index in [1.807, 2.05) is 0 Å². The van der Waals surface area contributed by atoms with E-state index in [-0.39, 0.29) is 5.54 Å². The highest BCUT2D eigenvalue weighted by Gasteiger charge is 2.34. The molecule has 0 saturated heterocycles. The van der Waals surface area contributed by atoms with E-state index in [1.165, 1.54) is 12.8 Å². The number of likely N-dealkylation sites (N-methyl/N-ethyl adjacent to an activating group) is 1. The van der Waals surface area contributed by atoms with Crippen molar-refractivity contribution in [2.45, 2.75) is 72.0 Å². The highest BCUT2D eigenvalue weighted by atomic mass is 15.2. The van der Waals surface area contributed by atoms with Gasteiger partial charge in [-0.05, 0) is 59.4 Å². The molecule has 1 aliphatic carbocycles. The average molecular weight is 240 g/mol. The molecular weight excluding hydrogens is 208 g/mol. The topological polar surface area (TPSA) is 15.3 Å². The predicted molar refractivity (Wildman–Crippen MR) is 76.3 cm³/mol. The van der Waals surface area contributed by atoms with Crippen molar-refractivity contribution in [1.82, 2.24) is 10.2 Å². The molecule has 0 spiro atoms. The largest absolute Gasteiger partial charge is 0.311 e. The summed E-state index contributed by atoms with van der Waals surface area (Å²) >= 11 is 0.